The number of nitrogens with zero attached hydrogens (tertiary/aromatic N) is 4. The van der Waals surface area contributed by atoms with Crippen LogP contribution in [0.5, 0.6) is 0 Å². The largest absolute Gasteiger partial charge is 0.396 e. The number of rotatable bonds is 4. The molecule has 6 rings (SSSR count). The topological polar surface area (TPSA) is 113 Å². The molecule has 3 saturated carbocycles. The van der Waals surface area contributed by atoms with Crippen molar-refractivity contribution in [3.63, 3.8) is 0 Å². The van der Waals surface area contributed by atoms with Crippen molar-refractivity contribution in [2.45, 2.75) is 37.1 Å². The van der Waals surface area contributed by atoms with Gasteiger partial charge in [-0.1, -0.05) is 0 Å². The van der Waals surface area contributed by atoms with Gasteiger partial charge in [0.05, 0.1) is 17.9 Å². The number of nitriles is 1. The molecule has 8 nitrogen and oxygen atoms in total. The van der Waals surface area contributed by atoms with Crippen molar-refractivity contribution in [2.24, 2.45) is 5.41 Å². The van der Waals surface area contributed by atoms with Gasteiger partial charge in [0.15, 0.2) is 11.6 Å². The number of carbonyl (C=O) groups excluding carboxylic acids is 1. The van der Waals surface area contributed by atoms with Gasteiger partial charge in [0, 0.05) is 18.6 Å². The average molecular weight is 371 g/mol. The van der Waals surface area contributed by atoms with E-state index in [1.54, 1.807) is 0 Å². The lowest BCUT2D eigenvalue weighted by atomic mass is 9.34. The van der Waals surface area contributed by atoms with Crippen LogP contribution in [-0.4, -0.2) is 51.4 Å². The summed E-state index contributed by atoms with van der Waals surface area (Å²) < 4.78 is 21.3. The molecule has 0 radical (unpaired) electrons. The van der Waals surface area contributed by atoms with Gasteiger partial charge in [-0.2, -0.15) is 5.26 Å². The summed E-state index contributed by atoms with van der Waals surface area (Å²) in [7, 11) is 0. The van der Waals surface area contributed by atoms with Crippen molar-refractivity contribution in [1.82, 2.24) is 14.6 Å². The van der Waals surface area contributed by atoms with Gasteiger partial charge in [-0.15, -0.1) is 5.10 Å². The minimum Gasteiger partial charge on any atom is -0.396 e. The number of anilines is 1. The fourth-order valence-corrected chi connectivity index (χ4v) is 5.03. The Labute approximate surface area is 153 Å². The lowest BCUT2D eigenvalue weighted by Crippen LogP contribution is -2.66. The molecule has 1 saturated heterocycles. The van der Waals surface area contributed by atoms with E-state index in [0.29, 0.717) is 18.7 Å². The molecule has 0 spiro atoms. The molecule has 1 aliphatic heterocycles. The lowest BCUT2D eigenvalue weighted by Gasteiger charge is -2.70. The first kappa shape index (κ1) is 16.6. The van der Waals surface area contributed by atoms with Crippen molar-refractivity contribution in [3.8, 4) is 6.07 Å². The van der Waals surface area contributed by atoms with Gasteiger partial charge in [0.2, 0.25) is 5.95 Å². The molecule has 0 amide bonds. The highest BCUT2D eigenvalue weighted by Crippen LogP contribution is 2.73. The second kappa shape index (κ2) is 5.47. The summed E-state index contributed by atoms with van der Waals surface area (Å²) in [5.74, 6) is -0.484. The number of nitrogens with one attached hydrogen (secondary N) is 1. The van der Waals surface area contributed by atoms with Crippen LogP contribution in [0.1, 0.15) is 36.9 Å². The normalized spacial score (nSPS) is 31.9. The van der Waals surface area contributed by atoms with Crippen molar-refractivity contribution in [1.29, 1.82) is 5.26 Å². The molecule has 0 aromatic carbocycles. The van der Waals surface area contributed by atoms with Gasteiger partial charge in [-0.3, -0.25) is 4.79 Å². The molecule has 2 N–H and O–H groups in total. The van der Waals surface area contributed by atoms with Crippen molar-refractivity contribution < 1.29 is 19.0 Å². The van der Waals surface area contributed by atoms with E-state index in [9.17, 15) is 19.6 Å². The third-order valence-corrected chi connectivity index (χ3v) is 6.20. The smallest absolute Gasteiger partial charge is 0.241 e. The molecule has 27 heavy (non-hydrogen) atoms. The summed E-state index contributed by atoms with van der Waals surface area (Å²) in [6, 6.07) is 1.53. The first-order valence-electron chi connectivity index (χ1n) is 8.97. The van der Waals surface area contributed by atoms with Gasteiger partial charge >= 0.3 is 0 Å². The molecule has 2 aromatic heterocycles. The molecule has 0 unspecified atom stereocenters. The number of aromatic nitrogens is 3. The molecular formula is C18H18FN5O3. The Kier molecular flexibility index (Phi) is 3.36. The monoisotopic (exact) mass is 371 g/mol. The highest BCUT2D eigenvalue weighted by molar-refractivity contribution is 5.87. The van der Waals surface area contributed by atoms with Crippen molar-refractivity contribution >= 4 is 17.2 Å². The summed E-state index contributed by atoms with van der Waals surface area (Å²) in [5.41, 5.74) is 0.288. The maximum absolute atomic E-state index is 14.8. The molecule has 2 aromatic rings. The molecule has 4 fully saturated rings. The van der Waals surface area contributed by atoms with E-state index >= 15 is 0 Å². The van der Waals surface area contributed by atoms with E-state index in [1.807, 2.05) is 6.07 Å². The highest BCUT2D eigenvalue weighted by atomic mass is 19.1. The molecule has 2 bridgehead atoms. The quantitative estimate of drug-likeness (QED) is 0.822. The number of Topliss-reactive ketones (excluding diaryl/α,β-unsaturated/α-hetero) is 1. The lowest BCUT2D eigenvalue weighted by molar-refractivity contribution is -0.170. The first-order chi connectivity index (χ1) is 13.0. The minimum atomic E-state index is -0.621. The van der Waals surface area contributed by atoms with Crippen LogP contribution in [0.15, 0.2) is 6.20 Å². The third kappa shape index (κ3) is 2.17. The van der Waals surface area contributed by atoms with Gasteiger partial charge in [-0.25, -0.2) is 13.9 Å². The summed E-state index contributed by atoms with van der Waals surface area (Å²) in [6.45, 7) is 0.629. The van der Waals surface area contributed by atoms with Crippen LogP contribution in [0, 0.1) is 22.6 Å². The zero-order chi connectivity index (χ0) is 18.8. The number of hydrogen-bond donors (Lipinski definition) is 2. The van der Waals surface area contributed by atoms with E-state index in [0.717, 1.165) is 19.3 Å². The summed E-state index contributed by atoms with van der Waals surface area (Å²) >= 11 is 0. The molecular weight excluding hydrogens is 353 g/mol. The van der Waals surface area contributed by atoms with Crippen LogP contribution in [0.25, 0.3) is 5.52 Å². The minimum absolute atomic E-state index is 0.00478. The number of halogens is 1. The Bertz CT molecular complexity index is 991. The molecule has 140 valence electrons. The summed E-state index contributed by atoms with van der Waals surface area (Å²) in [4.78, 5) is 16.1. The van der Waals surface area contributed by atoms with Crippen LogP contribution in [0.4, 0.5) is 10.3 Å². The first-order valence-corrected chi connectivity index (χ1v) is 8.97. The fraction of sp³-hybridized carbons (Fsp3) is 0.556. The predicted octanol–water partition coefficient (Wildman–Crippen LogP) is 0.924. The number of hydrogen-bond acceptors (Lipinski definition) is 7. The van der Waals surface area contributed by atoms with E-state index in [-0.39, 0.29) is 46.9 Å². The maximum atomic E-state index is 14.8. The van der Waals surface area contributed by atoms with Crippen molar-refractivity contribution in [2.75, 3.05) is 25.1 Å². The van der Waals surface area contributed by atoms with E-state index < -0.39 is 11.9 Å². The Morgan fingerprint density at radius 1 is 1.48 bits per heavy atom. The summed E-state index contributed by atoms with van der Waals surface area (Å²) in [6.07, 6.45) is 4.03. The Morgan fingerprint density at radius 3 is 2.93 bits per heavy atom. The Balaban J connectivity index is 1.55. The van der Waals surface area contributed by atoms with Crippen molar-refractivity contribution in [3.05, 3.63) is 23.3 Å². The highest BCUT2D eigenvalue weighted by Gasteiger charge is 2.69. The standard InChI is InChI=1S/C18H18FN5O3/c19-14-10(3-20)15(18-6-17(7-18,8-18)9-25)24-12(14)4-21-16(23-24)22-11-1-2-27-5-13(11)26/h4,11,25H,1-2,5-9H2,(H,22,23)/t11-,17?,18?/m1/s1. The third-order valence-electron chi connectivity index (χ3n) is 6.20. The van der Waals surface area contributed by atoms with Crippen LogP contribution in [-0.2, 0) is 14.9 Å². The molecule has 9 heteroatoms. The molecule has 4 aliphatic rings. The Morgan fingerprint density at radius 2 is 2.26 bits per heavy atom. The van der Waals surface area contributed by atoms with Crippen LogP contribution < -0.4 is 5.32 Å². The van der Waals surface area contributed by atoms with Crippen LogP contribution in [0.2, 0.25) is 0 Å². The number of carbonyl (C=O) groups is 1. The van der Waals surface area contributed by atoms with Gasteiger partial charge in [0.25, 0.3) is 0 Å². The predicted molar refractivity (Wildman–Crippen MR) is 90.6 cm³/mol. The van der Waals surface area contributed by atoms with Gasteiger partial charge < -0.3 is 15.2 Å². The SMILES string of the molecule is N#Cc1c(F)c2cnc(N[C@@H]3CCOCC3=O)nn2c1C12CC(CO)(C1)C2. The van der Waals surface area contributed by atoms with Gasteiger partial charge in [-0.05, 0) is 31.1 Å². The van der Waals surface area contributed by atoms with Crippen LogP contribution >= 0.6 is 0 Å². The van der Waals surface area contributed by atoms with E-state index in [4.69, 9.17) is 4.74 Å². The summed E-state index contributed by atoms with van der Waals surface area (Å²) in [5, 5.41) is 26.4. The second-order valence-corrected chi connectivity index (χ2v) is 8.00. The maximum Gasteiger partial charge on any atom is 0.241 e. The molecule has 1 atom stereocenters. The van der Waals surface area contributed by atoms with E-state index in [1.165, 1.54) is 10.7 Å². The number of ether oxygens (including phenoxy) is 1. The fourth-order valence-electron chi connectivity index (χ4n) is 5.03. The zero-order valence-electron chi connectivity index (χ0n) is 14.5. The number of fused-ring (bicyclic) bond motifs is 1. The number of ketones is 1. The van der Waals surface area contributed by atoms with Crippen LogP contribution in [0.3, 0.4) is 0 Å². The number of aliphatic hydroxyl groups excluding tert-OH is 1. The molecule has 3 heterocycles. The molecule has 3 aliphatic carbocycles. The average Bonchev–Trinajstić information content (AvgIpc) is 2.87. The van der Waals surface area contributed by atoms with E-state index in [2.05, 4.69) is 15.4 Å². The number of aliphatic hydroxyl groups is 1. The Hall–Kier alpha value is -2.57. The van der Waals surface area contributed by atoms with Gasteiger partial charge in [0.1, 0.15) is 23.8 Å². The second-order valence-electron chi connectivity index (χ2n) is 8.00. The zero-order valence-corrected chi connectivity index (χ0v) is 14.5.